The van der Waals surface area contributed by atoms with Crippen LogP contribution in [-0.4, -0.2) is 53.8 Å². The fourth-order valence-corrected chi connectivity index (χ4v) is 4.82. The summed E-state index contributed by atoms with van der Waals surface area (Å²) in [6, 6.07) is 5.57. The summed E-state index contributed by atoms with van der Waals surface area (Å²) in [6.07, 6.45) is 0.793. The van der Waals surface area contributed by atoms with Crippen LogP contribution >= 0.6 is 0 Å². The van der Waals surface area contributed by atoms with E-state index in [4.69, 9.17) is 0 Å². The van der Waals surface area contributed by atoms with Gasteiger partial charge >= 0.3 is 0 Å². The van der Waals surface area contributed by atoms with Crippen molar-refractivity contribution in [2.75, 3.05) is 18.6 Å². The van der Waals surface area contributed by atoms with Crippen molar-refractivity contribution in [1.29, 1.82) is 0 Å². The molecule has 0 saturated carbocycles. The van der Waals surface area contributed by atoms with Crippen LogP contribution in [0, 0.1) is 0 Å². The zero-order chi connectivity index (χ0) is 17.5. The molecule has 0 aliphatic carbocycles. The molecule has 1 aromatic carbocycles. The van der Waals surface area contributed by atoms with E-state index < -0.39 is 9.84 Å². The van der Waals surface area contributed by atoms with Crippen molar-refractivity contribution in [2.45, 2.75) is 38.6 Å². The number of sulfone groups is 1. The van der Waals surface area contributed by atoms with Gasteiger partial charge in [-0.1, -0.05) is 19.9 Å². The van der Waals surface area contributed by atoms with Crippen molar-refractivity contribution in [3.8, 4) is 0 Å². The molecular weight excluding hydrogens is 326 g/mol. The quantitative estimate of drug-likeness (QED) is 0.913. The number of hydrogen-bond donors (Lipinski definition) is 1. The maximum atomic E-state index is 12.5. The van der Waals surface area contributed by atoms with Gasteiger partial charge < -0.3 is 9.88 Å². The number of carbonyl (C=O) groups is 1. The van der Waals surface area contributed by atoms with Gasteiger partial charge in [-0.25, -0.2) is 13.4 Å². The highest BCUT2D eigenvalue weighted by Gasteiger charge is 2.32. The first kappa shape index (κ1) is 17.0. The number of nitrogens with one attached hydrogen (secondary N) is 1. The van der Waals surface area contributed by atoms with Gasteiger partial charge in [0, 0.05) is 19.0 Å². The SMILES string of the molecule is CC(C)c1nc2ccc(CC(=O)N(C)C3CCS(=O)(=O)C3)cc2[nH]1. The molecule has 1 fully saturated rings. The topological polar surface area (TPSA) is 83.1 Å². The van der Waals surface area contributed by atoms with Gasteiger partial charge in [-0.2, -0.15) is 0 Å². The first-order valence-electron chi connectivity index (χ1n) is 8.20. The van der Waals surface area contributed by atoms with Gasteiger partial charge in [0.1, 0.15) is 5.82 Å². The maximum absolute atomic E-state index is 12.5. The molecule has 1 aromatic heterocycles. The Morgan fingerprint density at radius 3 is 2.79 bits per heavy atom. The molecule has 0 bridgehead atoms. The standard InChI is InChI=1S/C17H23N3O3S/c1-11(2)17-18-14-5-4-12(8-15(14)19-17)9-16(21)20(3)13-6-7-24(22,23)10-13/h4-5,8,11,13H,6-7,9-10H2,1-3H3,(H,18,19). The first-order chi connectivity index (χ1) is 11.2. The lowest BCUT2D eigenvalue weighted by Gasteiger charge is -2.23. The lowest BCUT2D eigenvalue weighted by Crippen LogP contribution is -2.38. The smallest absolute Gasteiger partial charge is 0.227 e. The Morgan fingerprint density at radius 2 is 2.17 bits per heavy atom. The Bertz CT molecular complexity index is 870. The average Bonchev–Trinajstić information content (AvgIpc) is 3.09. The zero-order valence-corrected chi connectivity index (χ0v) is 15.1. The highest BCUT2D eigenvalue weighted by molar-refractivity contribution is 7.91. The second-order valence-corrected chi connectivity index (χ2v) is 9.10. The molecule has 0 spiro atoms. The Labute approximate surface area is 142 Å². The number of H-pyrrole nitrogens is 1. The van der Waals surface area contributed by atoms with E-state index in [-0.39, 0.29) is 29.9 Å². The van der Waals surface area contributed by atoms with Gasteiger partial charge in [0.2, 0.25) is 5.91 Å². The van der Waals surface area contributed by atoms with Crippen molar-refractivity contribution in [2.24, 2.45) is 0 Å². The van der Waals surface area contributed by atoms with Crippen molar-refractivity contribution < 1.29 is 13.2 Å². The van der Waals surface area contributed by atoms with Gasteiger partial charge in [0.05, 0.1) is 29.0 Å². The van der Waals surface area contributed by atoms with E-state index >= 15 is 0 Å². The average molecular weight is 349 g/mol. The Morgan fingerprint density at radius 1 is 1.42 bits per heavy atom. The molecule has 2 heterocycles. The number of aromatic nitrogens is 2. The number of amides is 1. The van der Waals surface area contributed by atoms with E-state index in [9.17, 15) is 13.2 Å². The van der Waals surface area contributed by atoms with Gasteiger partial charge in [0.25, 0.3) is 0 Å². The highest BCUT2D eigenvalue weighted by Crippen LogP contribution is 2.20. The Balaban J connectivity index is 1.73. The van der Waals surface area contributed by atoms with Crippen molar-refractivity contribution in [1.82, 2.24) is 14.9 Å². The van der Waals surface area contributed by atoms with Gasteiger partial charge in [-0.15, -0.1) is 0 Å². The monoisotopic (exact) mass is 349 g/mol. The van der Waals surface area contributed by atoms with E-state index in [0.717, 1.165) is 22.4 Å². The minimum Gasteiger partial charge on any atom is -0.342 e. The lowest BCUT2D eigenvalue weighted by molar-refractivity contribution is -0.130. The van der Waals surface area contributed by atoms with Crippen LogP contribution in [0.1, 0.15) is 37.6 Å². The molecule has 6 nitrogen and oxygen atoms in total. The van der Waals surface area contributed by atoms with Crippen molar-refractivity contribution >= 4 is 26.8 Å². The molecule has 130 valence electrons. The number of nitrogens with zero attached hydrogens (tertiary/aromatic N) is 2. The van der Waals surface area contributed by atoms with Crippen LogP contribution in [0.2, 0.25) is 0 Å². The first-order valence-corrected chi connectivity index (χ1v) is 10.0. The number of imidazole rings is 1. The second kappa shape index (κ2) is 6.20. The third-order valence-electron chi connectivity index (χ3n) is 4.62. The van der Waals surface area contributed by atoms with Crippen LogP contribution in [0.25, 0.3) is 11.0 Å². The summed E-state index contributed by atoms with van der Waals surface area (Å²) < 4.78 is 23.2. The van der Waals surface area contributed by atoms with Crippen LogP contribution in [0.3, 0.4) is 0 Å². The molecule has 1 aliphatic heterocycles. The van der Waals surface area contributed by atoms with Crippen LogP contribution in [0.5, 0.6) is 0 Å². The Kier molecular flexibility index (Phi) is 4.38. The number of benzene rings is 1. The largest absolute Gasteiger partial charge is 0.342 e. The summed E-state index contributed by atoms with van der Waals surface area (Å²) in [5.41, 5.74) is 2.72. The third-order valence-corrected chi connectivity index (χ3v) is 6.37. The summed E-state index contributed by atoms with van der Waals surface area (Å²) in [7, 11) is -1.29. The van der Waals surface area contributed by atoms with Crippen LogP contribution in [-0.2, 0) is 21.1 Å². The number of rotatable bonds is 4. The Hall–Kier alpha value is -1.89. The van der Waals surface area contributed by atoms with E-state index in [2.05, 4.69) is 23.8 Å². The van der Waals surface area contributed by atoms with Gasteiger partial charge in [0.15, 0.2) is 9.84 Å². The van der Waals surface area contributed by atoms with Gasteiger partial charge in [-0.05, 0) is 24.1 Å². The molecule has 1 saturated heterocycles. The molecule has 24 heavy (non-hydrogen) atoms. The zero-order valence-electron chi connectivity index (χ0n) is 14.2. The molecule has 2 aromatic rings. The van der Waals surface area contributed by atoms with E-state index in [1.165, 1.54) is 0 Å². The van der Waals surface area contributed by atoms with E-state index in [1.54, 1.807) is 11.9 Å². The molecule has 0 radical (unpaired) electrons. The molecule has 1 amide bonds. The fourth-order valence-electron chi connectivity index (χ4n) is 3.04. The summed E-state index contributed by atoms with van der Waals surface area (Å²) in [4.78, 5) is 21.9. The summed E-state index contributed by atoms with van der Waals surface area (Å²) in [6.45, 7) is 4.15. The number of carbonyl (C=O) groups excluding carboxylic acids is 1. The third kappa shape index (κ3) is 3.45. The van der Waals surface area contributed by atoms with Crippen LogP contribution in [0.4, 0.5) is 0 Å². The minimum atomic E-state index is -2.99. The molecule has 1 atom stereocenters. The second-order valence-electron chi connectivity index (χ2n) is 6.87. The molecule has 3 rings (SSSR count). The fraction of sp³-hybridized carbons (Fsp3) is 0.529. The van der Waals surface area contributed by atoms with E-state index in [1.807, 2.05) is 18.2 Å². The molecule has 1 unspecified atom stereocenters. The summed E-state index contributed by atoms with van der Waals surface area (Å²) in [5.74, 6) is 1.44. The van der Waals surface area contributed by atoms with Gasteiger partial charge in [-0.3, -0.25) is 4.79 Å². The number of aromatic amines is 1. The molecule has 7 heteroatoms. The maximum Gasteiger partial charge on any atom is 0.227 e. The lowest BCUT2D eigenvalue weighted by atomic mass is 10.1. The summed E-state index contributed by atoms with van der Waals surface area (Å²) >= 11 is 0. The highest BCUT2D eigenvalue weighted by atomic mass is 32.2. The van der Waals surface area contributed by atoms with Crippen LogP contribution in [0.15, 0.2) is 18.2 Å². The molecule has 1 aliphatic rings. The summed E-state index contributed by atoms with van der Waals surface area (Å²) in [5, 5.41) is 0. The molecule has 1 N–H and O–H groups in total. The minimum absolute atomic E-state index is 0.0555. The number of likely N-dealkylation sites (N-methyl/N-ethyl adjacent to an activating group) is 1. The van der Waals surface area contributed by atoms with E-state index in [0.29, 0.717) is 12.3 Å². The van der Waals surface area contributed by atoms with Crippen molar-refractivity contribution in [3.63, 3.8) is 0 Å². The molecular formula is C17H23N3O3S. The number of hydrogen-bond acceptors (Lipinski definition) is 4. The van der Waals surface area contributed by atoms with Crippen molar-refractivity contribution in [3.05, 3.63) is 29.6 Å². The van der Waals surface area contributed by atoms with Crippen LogP contribution < -0.4 is 0 Å². The number of fused-ring (bicyclic) bond motifs is 1. The predicted octanol–water partition coefficient (Wildman–Crippen LogP) is 1.87. The predicted molar refractivity (Wildman–Crippen MR) is 93.7 cm³/mol. The normalized spacial score (nSPS) is 19.9.